The third kappa shape index (κ3) is 2.77. The van der Waals surface area contributed by atoms with Gasteiger partial charge in [-0.05, 0) is 47.6 Å². The van der Waals surface area contributed by atoms with E-state index in [0.717, 1.165) is 11.3 Å². The Labute approximate surface area is 116 Å². The van der Waals surface area contributed by atoms with Crippen molar-refractivity contribution < 1.29 is 9.31 Å². The molecule has 4 nitrogen and oxygen atoms in total. The molecule has 0 unspecified atom stereocenters. The van der Waals surface area contributed by atoms with Gasteiger partial charge in [0.25, 0.3) is 0 Å². The first-order chi connectivity index (χ1) is 8.73. The zero-order valence-electron chi connectivity index (χ0n) is 12.7. The molecule has 1 aromatic heterocycles. The molecular formula is C14H23BN2O2. The third-order valence-corrected chi connectivity index (χ3v) is 3.77. The Bertz CT molecular complexity index is 445. The number of aromatic nitrogens is 1. The van der Waals surface area contributed by atoms with Gasteiger partial charge in [0.05, 0.1) is 11.2 Å². The molecule has 1 aliphatic heterocycles. The van der Waals surface area contributed by atoms with E-state index in [-0.39, 0.29) is 18.3 Å². The third-order valence-electron chi connectivity index (χ3n) is 3.77. The van der Waals surface area contributed by atoms with Gasteiger partial charge in [-0.3, -0.25) is 0 Å². The van der Waals surface area contributed by atoms with E-state index < -0.39 is 0 Å². The average Bonchev–Trinajstić information content (AvgIpc) is 2.48. The second-order valence-corrected chi connectivity index (χ2v) is 6.33. The van der Waals surface area contributed by atoms with E-state index in [1.165, 1.54) is 0 Å². The zero-order chi connectivity index (χ0) is 14.3. The van der Waals surface area contributed by atoms with Crippen molar-refractivity contribution in [3.05, 3.63) is 18.3 Å². The molecule has 0 amide bonds. The number of pyridine rings is 1. The van der Waals surface area contributed by atoms with Gasteiger partial charge in [0.1, 0.15) is 5.82 Å². The van der Waals surface area contributed by atoms with Gasteiger partial charge in [0.15, 0.2) is 0 Å². The van der Waals surface area contributed by atoms with Crippen LogP contribution in [0.2, 0.25) is 0 Å². The van der Waals surface area contributed by atoms with Crippen LogP contribution in [0.15, 0.2) is 18.3 Å². The van der Waals surface area contributed by atoms with Gasteiger partial charge >= 0.3 is 7.12 Å². The molecule has 0 bridgehead atoms. The van der Waals surface area contributed by atoms with Crippen LogP contribution in [0.5, 0.6) is 0 Å². The van der Waals surface area contributed by atoms with E-state index in [0.29, 0.717) is 6.04 Å². The number of rotatable bonds is 3. The van der Waals surface area contributed by atoms with E-state index in [2.05, 4.69) is 51.8 Å². The number of hydrogen-bond acceptors (Lipinski definition) is 4. The number of nitrogens with one attached hydrogen (secondary N) is 1. The first-order valence-corrected chi connectivity index (χ1v) is 6.80. The minimum atomic E-state index is -0.375. The van der Waals surface area contributed by atoms with E-state index in [9.17, 15) is 0 Å². The second kappa shape index (κ2) is 4.80. The van der Waals surface area contributed by atoms with E-state index in [4.69, 9.17) is 9.31 Å². The first kappa shape index (κ1) is 14.3. The quantitative estimate of drug-likeness (QED) is 0.848. The summed E-state index contributed by atoms with van der Waals surface area (Å²) in [5.74, 6) is 0.830. The molecule has 1 fully saturated rings. The fraction of sp³-hybridized carbons (Fsp3) is 0.643. The van der Waals surface area contributed by atoms with Crippen LogP contribution in [0.1, 0.15) is 41.5 Å². The minimum absolute atomic E-state index is 0.316. The summed E-state index contributed by atoms with van der Waals surface area (Å²) in [5, 5.41) is 3.33. The molecule has 2 rings (SSSR count). The van der Waals surface area contributed by atoms with Gasteiger partial charge in [-0.15, -0.1) is 0 Å². The van der Waals surface area contributed by atoms with Crippen molar-refractivity contribution in [2.75, 3.05) is 5.32 Å². The molecule has 5 heteroatoms. The predicted molar refractivity (Wildman–Crippen MR) is 78.7 cm³/mol. The van der Waals surface area contributed by atoms with Gasteiger partial charge in [-0.1, -0.05) is 6.07 Å². The smallest absolute Gasteiger partial charge is 0.399 e. The van der Waals surface area contributed by atoms with Crippen molar-refractivity contribution in [3.8, 4) is 0 Å². The first-order valence-electron chi connectivity index (χ1n) is 6.80. The van der Waals surface area contributed by atoms with Crippen LogP contribution in [-0.4, -0.2) is 29.3 Å². The van der Waals surface area contributed by atoms with Crippen molar-refractivity contribution >= 4 is 18.4 Å². The van der Waals surface area contributed by atoms with Crippen molar-refractivity contribution in [1.82, 2.24) is 4.98 Å². The summed E-state index contributed by atoms with van der Waals surface area (Å²) < 4.78 is 12.1. The Morgan fingerprint density at radius 3 is 2.26 bits per heavy atom. The van der Waals surface area contributed by atoms with Crippen LogP contribution < -0.4 is 10.8 Å². The lowest BCUT2D eigenvalue weighted by Gasteiger charge is -2.32. The molecule has 19 heavy (non-hydrogen) atoms. The Morgan fingerprint density at radius 2 is 1.74 bits per heavy atom. The number of hydrogen-bond donors (Lipinski definition) is 1. The topological polar surface area (TPSA) is 43.4 Å². The summed E-state index contributed by atoms with van der Waals surface area (Å²) in [6, 6.07) is 4.22. The molecule has 1 aromatic rings. The highest BCUT2D eigenvalue weighted by Gasteiger charge is 2.52. The molecule has 0 spiro atoms. The maximum absolute atomic E-state index is 6.07. The van der Waals surface area contributed by atoms with Crippen molar-refractivity contribution in [3.63, 3.8) is 0 Å². The highest BCUT2D eigenvalue weighted by molar-refractivity contribution is 6.63. The van der Waals surface area contributed by atoms with Crippen LogP contribution >= 0.6 is 0 Å². The normalized spacial score (nSPS) is 20.9. The zero-order valence-corrected chi connectivity index (χ0v) is 12.7. The maximum Gasteiger partial charge on any atom is 0.498 e. The lowest BCUT2D eigenvalue weighted by molar-refractivity contribution is 0.00578. The molecule has 0 atom stereocenters. The Morgan fingerprint density at radius 1 is 1.16 bits per heavy atom. The van der Waals surface area contributed by atoms with Crippen LogP contribution in [-0.2, 0) is 9.31 Å². The molecule has 0 aromatic carbocycles. The summed E-state index contributed by atoms with van der Waals surface area (Å²) >= 11 is 0. The van der Waals surface area contributed by atoms with Gasteiger partial charge in [0.2, 0.25) is 0 Å². The lowest BCUT2D eigenvalue weighted by Crippen LogP contribution is -2.41. The Kier molecular flexibility index (Phi) is 3.62. The fourth-order valence-electron chi connectivity index (χ4n) is 1.97. The summed E-state index contributed by atoms with van der Waals surface area (Å²) in [5.41, 5.74) is 0.292. The van der Waals surface area contributed by atoms with Gasteiger partial charge in [0, 0.05) is 17.7 Å². The average molecular weight is 262 g/mol. The van der Waals surface area contributed by atoms with Crippen molar-refractivity contribution in [2.45, 2.75) is 58.8 Å². The van der Waals surface area contributed by atoms with Gasteiger partial charge < -0.3 is 14.6 Å². The molecule has 1 saturated heterocycles. The molecule has 1 aliphatic rings. The summed E-state index contributed by atoms with van der Waals surface area (Å²) in [4.78, 5) is 4.39. The Balaban J connectivity index is 2.29. The van der Waals surface area contributed by atoms with Crippen LogP contribution in [0.3, 0.4) is 0 Å². The number of nitrogens with zero attached hydrogens (tertiary/aromatic N) is 1. The largest absolute Gasteiger partial charge is 0.498 e. The van der Waals surface area contributed by atoms with Crippen LogP contribution in [0.25, 0.3) is 0 Å². The highest BCUT2D eigenvalue weighted by Crippen LogP contribution is 2.36. The summed E-state index contributed by atoms with van der Waals surface area (Å²) in [6.45, 7) is 12.4. The fourth-order valence-corrected chi connectivity index (χ4v) is 1.97. The molecular weight excluding hydrogens is 239 g/mol. The highest BCUT2D eigenvalue weighted by atomic mass is 16.7. The standard InChI is InChI=1S/C14H23BN2O2/c1-10(2)17-12-11(8-7-9-16-12)15-18-13(3,4)14(5,6)19-15/h7-10H,1-6H3,(H,16,17). The van der Waals surface area contributed by atoms with Crippen molar-refractivity contribution in [1.29, 1.82) is 0 Å². The Hall–Kier alpha value is -1.07. The predicted octanol–water partition coefficient (Wildman–Crippen LogP) is 2.20. The molecule has 0 saturated carbocycles. The second-order valence-electron chi connectivity index (χ2n) is 6.33. The SMILES string of the molecule is CC(C)Nc1ncccc1B1OC(C)(C)C(C)(C)O1. The molecule has 0 aliphatic carbocycles. The molecule has 0 radical (unpaired) electrons. The van der Waals surface area contributed by atoms with E-state index in [1.807, 2.05) is 12.1 Å². The maximum atomic E-state index is 6.07. The summed E-state index contributed by atoms with van der Waals surface area (Å²) in [7, 11) is -0.375. The van der Waals surface area contributed by atoms with Gasteiger partial charge in [-0.25, -0.2) is 4.98 Å². The van der Waals surface area contributed by atoms with Crippen LogP contribution in [0, 0.1) is 0 Å². The molecule has 2 heterocycles. The van der Waals surface area contributed by atoms with Gasteiger partial charge in [-0.2, -0.15) is 0 Å². The monoisotopic (exact) mass is 262 g/mol. The molecule has 1 N–H and O–H groups in total. The van der Waals surface area contributed by atoms with Crippen molar-refractivity contribution in [2.24, 2.45) is 0 Å². The van der Waals surface area contributed by atoms with Crippen LogP contribution in [0.4, 0.5) is 5.82 Å². The van der Waals surface area contributed by atoms with E-state index in [1.54, 1.807) is 6.20 Å². The molecule has 104 valence electrons. The lowest BCUT2D eigenvalue weighted by atomic mass is 9.79. The summed E-state index contributed by atoms with van der Waals surface area (Å²) in [6.07, 6.45) is 1.78. The van der Waals surface area contributed by atoms with E-state index >= 15 is 0 Å². The minimum Gasteiger partial charge on any atom is -0.399 e. The number of anilines is 1.